The molecule has 19 heteroatoms. The van der Waals surface area contributed by atoms with Crippen molar-refractivity contribution in [2.24, 2.45) is 0 Å². The van der Waals surface area contributed by atoms with Gasteiger partial charge in [-0.05, 0) is 196 Å². The molecule has 0 atom stereocenters. The second kappa shape index (κ2) is 35.6. The Morgan fingerprint density at radius 3 is 1.13 bits per heavy atom. The molecule has 0 radical (unpaired) electrons. The summed E-state index contributed by atoms with van der Waals surface area (Å²) in [6, 6.07) is 32.4. The molecule has 8 aromatic rings. The standard InChI is InChI=1S/C17H19NO4.C17H21NO3.C15H17NO3.C9H9ClO2.C8H11NO2/c1-4-22-17(20)16-11(2)14(10-18-16)15(19)9-12-5-7-13(21-3)8-6-12;1-4-21-17(19)16-12(2)14(11-18-16)8-5-13-6-9-15(20-3)10-7-13;1-10-12(9-16-14(10)15(17)18)6-3-11-4-7-13(19-2)8-5-11;1-12-8-4-2-7(3-5-8)6-9(10)11;1-3-11-8(10)7-6(2)4-5-9-7/h5-8,10,18H,4,9H2,1-3H3;6-7,9-11,18H,4-5,8H2,1-3H3;4-5,7-9,16H,3,6H2,1-2H3,(H,17,18);2-5H,6H2,1H3;4-5,9H,3H2,1-2H3. The van der Waals surface area contributed by atoms with E-state index < -0.39 is 11.9 Å². The molecule has 0 aliphatic rings. The summed E-state index contributed by atoms with van der Waals surface area (Å²) in [7, 11) is 6.50. The van der Waals surface area contributed by atoms with Crippen molar-refractivity contribution in [3.8, 4) is 23.0 Å². The number of carboxylic acid groups (broad SMARTS) is 1. The van der Waals surface area contributed by atoms with E-state index in [2.05, 4.69) is 32.1 Å². The average Bonchev–Trinajstić information content (AvgIpc) is 4.35. The predicted octanol–water partition coefficient (Wildman–Crippen LogP) is 12.5. The number of esters is 3. The van der Waals surface area contributed by atoms with Gasteiger partial charge in [-0.2, -0.15) is 0 Å². The van der Waals surface area contributed by atoms with Crippen molar-refractivity contribution in [1.29, 1.82) is 0 Å². The van der Waals surface area contributed by atoms with Crippen molar-refractivity contribution in [1.82, 2.24) is 19.9 Å². The summed E-state index contributed by atoms with van der Waals surface area (Å²) in [5.41, 5.74) is 12.0. The number of ether oxygens (including phenoxy) is 7. The quantitative estimate of drug-likeness (QED) is 0.0183. The number of aryl methyl sites for hydroxylation is 5. The number of aromatic amines is 4. The highest BCUT2D eigenvalue weighted by Gasteiger charge is 2.20. The lowest BCUT2D eigenvalue weighted by atomic mass is 10.0. The highest BCUT2D eigenvalue weighted by atomic mass is 35.5. The van der Waals surface area contributed by atoms with E-state index in [0.717, 1.165) is 87.6 Å². The lowest BCUT2D eigenvalue weighted by molar-refractivity contribution is -0.111. The van der Waals surface area contributed by atoms with Crippen LogP contribution in [0.4, 0.5) is 0 Å². The minimum absolute atomic E-state index is 0.0468. The van der Waals surface area contributed by atoms with Crippen LogP contribution in [0, 0.1) is 27.7 Å². The molecule has 18 nitrogen and oxygen atoms in total. The van der Waals surface area contributed by atoms with E-state index in [1.54, 1.807) is 86.9 Å². The van der Waals surface area contributed by atoms with Gasteiger partial charge < -0.3 is 58.2 Å². The molecule has 0 aliphatic heterocycles. The van der Waals surface area contributed by atoms with Crippen LogP contribution in [0.5, 0.6) is 23.0 Å². The second-order valence-corrected chi connectivity index (χ2v) is 19.3. The second-order valence-electron chi connectivity index (χ2n) is 18.9. The van der Waals surface area contributed by atoms with E-state index in [4.69, 9.17) is 49.9 Å². The van der Waals surface area contributed by atoms with Crippen LogP contribution in [0.3, 0.4) is 0 Å². The van der Waals surface area contributed by atoms with E-state index in [-0.39, 0.29) is 41.5 Å². The molecular formula is C66H77ClN4O14. The van der Waals surface area contributed by atoms with Gasteiger partial charge in [-0.3, -0.25) is 9.59 Å². The zero-order chi connectivity index (χ0) is 62.4. The Hall–Kier alpha value is -9.29. The average molecular weight is 1190 g/mol. The molecule has 0 aliphatic carbocycles. The number of aromatic carboxylic acids is 1. The number of benzene rings is 4. The van der Waals surface area contributed by atoms with E-state index in [1.807, 2.05) is 106 Å². The van der Waals surface area contributed by atoms with Crippen molar-refractivity contribution in [2.45, 2.75) is 87.0 Å². The number of Topliss-reactive ketones (excluding diaryl/α,β-unsaturated/α-hetero) is 1. The maximum Gasteiger partial charge on any atom is 0.355 e. The number of carboxylic acids is 1. The molecule has 4 heterocycles. The fourth-order valence-electron chi connectivity index (χ4n) is 8.37. The number of ketones is 1. The number of halogens is 1. The lowest BCUT2D eigenvalue weighted by Crippen LogP contribution is -2.08. The first-order valence-corrected chi connectivity index (χ1v) is 27.8. The Balaban J connectivity index is 0.000000233. The molecule has 452 valence electrons. The largest absolute Gasteiger partial charge is 0.497 e. The zero-order valence-electron chi connectivity index (χ0n) is 50.1. The molecule has 5 N–H and O–H groups in total. The number of methoxy groups -OCH3 is 4. The molecule has 85 heavy (non-hydrogen) atoms. The number of hydrogen-bond acceptors (Lipinski definition) is 13. The molecule has 0 fully saturated rings. The van der Waals surface area contributed by atoms with Crippen molar-refractivity contribution in [3.05, 3.63) is 212 Å². The first kappa shape index (κ1) is 68.2. The molecule has 0 bridgehead atoms. The highest BCUT2D eigenvalue weighted by Crippen LogP contribution is 2.22. The van der Waals surface area contributed by atoms with Gasteiger partial charge in [0.1, 0.15) is 45.8 Å². The van der Waals surface area contributed by atoms with Crippen LogP contribution in [0.1, 0.15) is 129 Å². The smallest absolute Gasteiger partial charge is 0.355 e. The summed E-state index contributed by atoms with van der Waals surface area (Å²) in [5, 5.41) is 8.63. The van der Waals surface area contributed by atoms with Gasteiger partial charge in [0.15, 0.2) is 5.78 Å². The lowest BCUT2D eigenvalue weighted by Gasteiger charge is -2.04. The number of hydrogen-bond donors (Lipinski definition) is 5. The van der Waals surface area contributed by atoms with Gasteiger partial charge in [0.25, 0.3) is 0 Å². The van der Waals surface area contributed by atoms with E-state index in [0.29, 0.717) is 48.0 Å². The van der Waals surface area contributed by atoms with Crippen LogP contribution < -0.4 is 18.9 Å². The monoisotopic (exact) mass is 1180 g/mol. The van der Waals surface area contributed by atoms with Gasteiger partial charge in [-0.25, -0.2) is 19.2 Å². The fourth-order valence-corrected chi connectivity index (χ4v) is 8.52. The van der Waals surface area contributed by atoms with E-state index >= 15 is 0 Å². The Labute approximate surface area is 501 Å². The third-order valence-electron chi connectivity index (χ3n) is 13.3. The minimum atomic E-state index is -0.909. The van der Waals surface area contributed by atoms with Gasteiger partial charge in [0.05, 0.1) is 48.3 Å². The first-order chi connectivity index (χ1) is 40.8. The van der Waals surface area contributed by atoms with Crippen LogP contribution >= 0.6 is 11.6 Å². The Bertz CT molecular complexity index is 3370. The summed E-state index contributed by atoms with van der Waals surface area (Å²) in [6.45, 7) is 13.8. The summed E-state index contributed by atoms with van der Waals surface area (Å²) in [4.78, 5) is 79.9. The van der Waals surface area contributed by atoms with Gasteiger partial charge >= 0.3 is 23.9 Å². The molecular weight excluding hydrogens is 1110 g/mol. The first-order valence-electron chi connectivity index (χ1n) is 27.4. The van der Waals surface area contributed by atoms with Gasteiger partial charge in [0.2, 0.25) is 5.24 Å². The number of aromatic nitrogens is 4. The van der Waals surface area contributed by atoms with Crippen LogP contribution in [-0.4, -0.2) is 108 Å². The summed E-state index contributed by atoms with van der Waals surface area (Å²) >= 11 is 5.22. The van der Waals surface area contributed by atoms with Gasteiger partial charge in [-0.1, -0.05) is 48.5 Å². The van der Waals surface area contributed by atoms with Crippen molar-refractivity contribution < 1.29 is 67.0 Å². The van der Waals surface area contributed by atoms with Crippen LogP contribution in [-0.2, 0) is 57.5 Å². The van der Waals surface area contributed by atoms with Crippen LogP contribution in [0.2, 0.25) is 0 Å². The predicted molar refractivity (Wildman–Crippen MR) is 326 cm³/mol. The van der Waals surface area contributed by atoms with Gasteiger partial charge in [0, 0.05) is 43.2 Å². The summed E-state index contributed by atoms with van der Waals surface area (Å²) < 4.78 is 35.1. The number of carbonyl (C=O) groups excluding carboxylic acids is 5. The summed E-state index contributed by atoms with van der Waals surface area (Å²) in [5.74, 6) is 1.27. The Morgan fingerprint density at radius 2 is 0.776 bits per heavy atom. The zero-order valence-corrected chi connectivity index (χ0v) is 50.9. The molecule has 0 unspecified atom stereocenters. The third kappa shape index (κ3) is 21.8. The third-order valence-corrected chi connectivity index (χ3v) is 13.4. The maximum absolute atomic E-state index is 12.4. The molecule has 0 saturated heterocycles. The van der Waals surface area contributed by atoms with E-state index in [1.165, 1.54) is 11.1 Å². The number of rotatable bonds is 22. The molecule has 8 rings (SSSR count). The van der Waals surface area contributed by atoms with Crippen molar-refractivity contribution in [2.75, 3.05) is 48.3 Å². The number of carbonyl (C=O) groups is 6. The highest BCUT2D eigenvalue weighted by molar-refractivity contribution is 6.63. The van der Waals surface area contributed by atoms with Crippen molar-refractivity contribution in [3.63, 3.8) is 0 Å². The molecule has 4 aromatic carbocycles. The fraction of sp³-hybridized carbons (Fsp3) is 0.303. The van der Waals surface area contributed by atoms with Crippen LogP contribution in [0.25, 0.3) is 0 Å². The maximum atomic E-state index is 12.4. The van der Waals surface area contributed by atoms with Crippen LogP contribution in [0.15, 0.2) is 128 Å². The topological polar surface area (TPSA) is 250 Å². The van der Waals surface area contributed by atoms with Gasteiger partial charge in [-0.15, -0.1) is 0 Å². The summed E-state index contributed by atoms with van der Waals surface area (Å²) in [6.07, 6.45) is 11.0. The normalized spacial score (nSPS) is 10.2. The SMILES string of the molecule is CCOC(=O)c1[nH]cc(C(=O)Cc2ccc(OC)cc2)c1C.CCOC(=O)c1[nH]cc(CCc2ccc(OC)cc2)c1C.CCOC(=O)c1[nH]ccc1C.COc1ccc(CC(=O)Cl)cc1.COc1ccc(CCc2c[nH]c(C(=O)O)c2C)cc1. The van der Waals surface area contributed by atoms with Crippen molar-refractivity contribution >= 4 is 46.5 Å². The molecule has 0 spiro atoms. The Morgan fingerprint density at radius 1 is 0.424 bits per heavy atom. The number of H-pyrrole nitrogens is 4. The molecule has 0 saturated carbocycles. The molecule has 0 amide bonds. The number of nitrogens with one attached hydrogen (secondary N) is 4. The minimum Gasteiger partial charge on any atom is -0.497 e. The Kier molecular flexibility index (Phi) is 28.6. The van der Waals surface area contributed by atoms with E-state index in [9.17, 15) is 28.8 Å². The molecule has 4 aromatic heterocycles.